The number of rotatable bonds is 6. The fraction of sp³-hybridized carbons (Fsp3) is 0.818. The van der Waals surface area contributed by atoms with Crippen molar-refractivity contribution < 1.29 is 14.2 Å². The zero-order valence-electron chi connectivity index (χ0n) is 24.1. The molecule has 210 valence electrons. The van der Waals surface area contributed by atoms with Crippen LogP contribution >= 0.6 is 15.8 Å². The van der Waals surface area contributed by atoms with E-state index in [0.717, 1.165) is 30.1 Å². The number of hydrogen-bond acceptors (Lipinski definition) is 3. The van der Waals surface area contributed by atoms with E-state index in [1.54, 1.807) is 5.56 Å². The van der Waals surface area contributed by atoms with E-state index in [1.807, 2.05) is 5.30 Å². The van der Waals surface area contributed by atoms with E-state index >= 15 is 0 Å². The molecule has 3 aliphatic carbocycles. The predicted octanol–water partition coefficient (Wildman–Crippen LogP) is 9.17. The van der Waals surface area contributed by atoms with Gasteiger partial charge in [0.25, 0.3) is 0 Å². The fourth-order valence-corrected chi connectivity index (χ4v) is 18.0. The van der Waals surface area contributed by atoms with Crippen LogP contribution in [-0.4, -0.2) is 40.2 Å². The summed E-state index contributed by atoms with van der Waals surface area (Å²) in [7, 11) is -0.447. The van der Waals surface area contributed by atoms with Crippen molar-refractivity contribution in [1.29, 1.82) is 0 Å². The standard InChI is InChI=1S/C33H50O3P2/c1-23(38-31-22-32(2)35-30(34-31)21-33(38,3)36-32)26-18-12-19-27(26)28-17-10-11-20-29(28)37(24-13-6-4-7-14-24)25-15-8-5-9-16-25/h10-11,17,20,23-27,30-31H,4-9,12-16,18-19,21-22H2,1-3H3. The maximum atomic E-state index is 6.78. The van der Waals surface area contributed by atoms with Crippen LogP contribution in [0.1, 0.15) is 129 Å². The maximum absolute atomic E-state index is 6.78. The number of hydrogen-bond donors (Lipinski definition) is 0. The van der Waals surface area contributed by atoms with Crippen molar-refractivity contribution >= 4 is 21.1 Å². The van der Waals surface area contributed by atoms with Crippen molar-refractivity contribution in [1.82, 2.24) is 0 Å². The SMILES string of the molecule is CC(C1CCCC1c1ccccc1P(C1CCCCC1)C1CCCCC1)P1C2CC3(C)OC(CC1(C)O3)O2. The first-order valence-corrected chi connectivity index (χ1v) is 19.1. The van der Waals surface area contributed by atoms with E-state index in [-0.39, 0.29) is 27.5 Å². The van der Waals surface area contributed by atoms with Crippen molar-refractivity contribution in [2.45, 2.75) is 163 Å². The van der Waals surface area contributed by atoms with E-state index in [4.69, 9.17) is 14.2 Å². The topological polar surface area (TPSA) is 27.7 Å². The summed E-state index contributed by atoms with van der Waals surface area (Å²) >= 11 is 0. The van der Waals surface area contributed by atoms with Gasteiger partial charge in [0.1, 0.15) is 0 Å². The lowest BCUT2D eigenvalue weighted by Crippen LogP contribution is -2.64. The number of ether oxygens (including phenoxy) is 3. The lowest BCUT2D eigenvalue weighted by molar-refractivity contribution is -0.413. The Morgan fingerprint density at radius 3 is 2.18 bits per heavy atom. The Hall–Kier alpha value is -0.0400. The molecular weight excluding hydrogens is 506 g/mol. The van der Waals surface area contributed by atoms with Crippen LogP contribution in [0.15, 0.2) is 24.3 Å². The van der Waals surface area contributed by atoms with Crippen LogP contribution < -0.4 is 5.30 Å². The fourth-order valence-electron chi connectivity index (χ4n) is 9.79. The van der Waals surface area contributed by atoms with E-state index < -0.39 is 5.79 Å². The summed E-state index contributed by atoms with van der Waals surface area (Å²) in [5, 5.41) is 1.78. The highest BCUT2D eigenvalue weighted by molar-refractivity contribution is 7.67. The van der Waals surface area contributed by atoms with Crippen LogP contribution in [0.3, 0.4) is 0 Å². The molecule has 0 N–H and O–H groups in total. The third-order valence-electron chi connectivity index (χ3n) is 11.3. The van der Waals surface area contributed by atoms with Gasteiger partial charge in [-0.1, -0.05) is 84.1 Å². The highest BCUT2D eigenvalue weighted by Crippen LogP contribution is 2.73. The lowest BCUT2D eigenvalue weighted by atomic mass is 9.87. The molecule has 4 bridgehead atoms. The van der Waals surface area contributed by atoms with Gasteiger partial charge in [-0.05, 0) is 100.0 Å². The minimum atomic E-state index is -0.434. The second-order valence-electron chi connectivity index (χ2n) is 13.9. The van der Waals surface area contributed by atoms with Crippen LogP contribution in [-0.2, 0) is 14.2 Å². The molecule has 1 aromatic rings. The predicted molar refractivity (Wildman–Crippen MR) is 160 cm³/mol. The molecule has 38 heavy (non-hydrogen) atoms. The van der Waals surface area contributed by atoms with E-state index in [1.165, 1.54) is 83.5 Å². The minimum Gasteiger partial charge on any atom is -0.344 e. The normalized spacial score (nSPS) is 42.7. The quantitative estimate of drug-likeness (QED) is 0.327. The molecule has 8 atom stereocenters. The highest BCUT2D eigenvalue weighted by atomic mass is 31.1. The molecule has 8 rings (SSSR count). The highest BCUT2D eigenvalue weighted by Gasteiger charge is 2.64. The summed E-state index contributed by atoms with van der Waals surface area (Å²) in [6.45, 7) is 7.14. The van der Waals surface area contributed by atoms with Crippen LogP contribution in [0.4, 0.5) is 0 Å². The van der Waals surface area contributed by atoms with Gasteiger partial charge in [0.15, 0.2) is 12.1 Å². The zero-order valence-corrected chi connectivity index (χ0v) is 25.9. The first-order valence-electron chi connectivity index (χ1n) is 16.1. The van der Waals surface area contributed by atoms with E-state index in [2.05, 4.69) is 45.0 Å². The van der Waals surface area contributed by atoms with Crippen molar-refractivity contribution in [2.75, 3.05) is 0 Å². The molecule has 3 nitrogen and oxygen atoms in total. The van der Waals surface area contributed by atoms with Gasteiger partial charge in [-0.15, -0.1) is 0 Å². The first kappa shape index (κ1) is 26.8. The summed E-state index contributed by atoms with van der Waals surface area (Å²) in [4.78, 5) is 0. The summed E-state index contributed by atoms with van der Waals surface area (Å²) in [6, 6.07) is 9.95. The largest absolute Gasteiger partial charge is 0.344 e. The molecular formula is C33H50O3P2. The molecule has 1 aromatic carbocycles. The Balaban J connectivity index is 1.20. The van der Waals surface area contributed by atoms with Gasteiger partial charge in [0, 0.05) is 12.8 Å². The third-order valence-corrected chi connectivity index (χ3v) is 18.4. The van der Waals surface area contributed by atoms with Gasteiger partial charge >= 0.3 is 0 Å². The summed E-state index contributed by atoms with van der Waals surface area (Å²) < 4.78 is 19.5. The van der Waals surface area contributed by atoms with Gasteiger partial charge in [0.05, 0.1) is 11.2 Å². The van der Waals surface area contributed by atoms with E-state index in [0.29, 0.717) is 17.4 Å². The molecule has 4 aliphatic heterocycles. The van der Waals surface area contributed by atoms with Crippen molar-refractivity contribution in [3.8, 4) is 0 Å². The molecule has 4 saturated heterocycles. The van der Waals surface area contributed by atoms with Crippen molar-refractivity contribution in [2.24, 2.45) is 5.92 Å². The molecule has 0 spiro atoms. The average Bonchev–Trinajstić information content (AvgIpc) is 3.39. The molecule has 5 heteroatoms. The molecule has 3 saturated carbocycles. The monoisotopic (exact) mass is 556 g/mol. The van der Waals surface area contributed by atoms with E-state index in [9.17, 15) is 0 Å². The summed E-state index contributed by atoms with van der Waals surface area (Å²) in [5.74, 6) is 1.38. The van der Waals surface area contributed by atoms with Gasteiger partial charge in [-0.2, -0.15) is 0 Å². The average molecular weight is 557 g/mol. The second-order valence-corrected chi connectivity index (χ2v) is 19.8. The Bertz CT molecular complexity index is 972. The minimum absolute atomic E-state index is 0.0573. The van der Waals surface area contributed by atoms with Crippen molar-refractivity contribution in [3.05, 3.63) is 29.8 Å². The van der Waals surface area contributed by atoms with Gasteiger partial charge in [-0.3, -0.25) is 0 Å². The smallest absolute Gasteiger partial charge is 0.172 e. The Morgan fingerprint density at radius 1 is 0.842 bits per heavy atom. The molecule has 7 fully saturated rings. The van der Waals surface area contributed by atoms with Crippen LogP contribution in [0.2, 0.25) is 0 Å². The first-order chi connectivity index (χ1) is 18.4. The number of benzene rings is 1. The van der Waals surface area contributed by atoms with Gasteiger partial charge in [0.2, 0.25) is 0 Å². The Kier molecular flexibility index (Phi) is 7.53. The second kappa shape index (κ2) is 10.7. The molecule has 7 aliphatic rings. The van der Waals surface area contributed by atoms with Crippen LogP contribution in [0.25, 0.3) is 0 Å². The van der Waals surface area contributed by atoms with Crippen molar-refractivity contribution in [3.63, 3.8) is 0 Å². The zero-order chi connectivity index (χ0) is 25.9. The molecule has 0 aromatic heterocycles. The molecule has 8 unspecified atom stereocenters. The molecule has 4 heterocycles. The summed E-state index contributed by atoms with van der Waals surface area (Å²) in [5.41, 5.74) is 4.37. The van der Waals surface area contributed by atoms with Crippen LogP contribution in [0.5, 0.6) is 0 Å². The molecule has 0 amide bonds. The Labute approximate surface area is 234 Å². The van der Waals surface area contributed by atoms with Gasteiger partial charge in [-0.25, -0.2) is 0 Å². The molecule has 0 radical (unpaired) electrons. The van der Waals surface area contributed by atoms with Crippen LogP contribution in [0, 0.1) is 5.92 Å². The maximum Gasteiger partial charge on any atom is 0.172 e. The summed E-state index contributed by atoms with van der Waals surface area (Å²) in [6.07, 6.45) is 20.7. The lowest BCUT2D eigenvalue weighted by Gasteiger charge is -2.64. The third kappa shape index (κ3) is 4.77. The van der Waals surface area contributed by atoms with Gasteiger partial charge < -0.3 is 14.2 Å². The Morgan fingerprint density at radius 2 is 1.53 bits per heavy atom.